The molecule has 2 N–H and O–H groups in total. The molecule has 2 aromatic heterocycles. The zero-order valence-corrected chi connectivity index (χ0v) is 12.5. The van der Waals surface area contributed by atoms with Gasteiger partial charge in [-0.3, -0.25) is 0 Å². The van der Waals surface area contributed by atoms with E-state index in [2.05, 4.69) is 47.7 Å². The van der Waals surface area contributed by atoms with Crippen LogP contribution in [0.4, 0.5) is 5.69 Å². The van der Waals surface area contributed by atoms with Gasteiger partial charge in [-0.05, 0) is 31.8 Å². The number of benzene rings is 1. The van der Waals surface area contributed by atoms with Gasteiger partial charge >= 0.3 is 0 Å². The molecule has 0 atom stereocenters. The minimum absolute atomic E-state index is 0.756. The summed E-state index contributed by atoms with van der Waals surface area (Å²) in [5.41, 5.74) is 11.2. The van der Waals surface area contributed by atoms with Crippen LogP contribution in [0.3, 0.4) is 0 Å². The van der Waals surface area contributed by atoms with Crippen LogP contribution in [-0.2, 0) is 13.0 Å². The molecule has 0 aliphatic carbocycles. The van der Waals surface area contributed by atoms with E-state index in [-0.39, 0.29) is 0 Å². The van der Waals surface area contributed by atoms with E-state index < -0.39 is 0 Å². The molecule has 3 aromatic rings. The van der Waals surface area contributed by atoms with Gasteiger partial charge in [-0.25, -0.2) is 4.98 Å². The molecule has 0 unspecified atom stereocenters. The monoisotopic (exact) mass is 280 g/mol. The van der Waals surface area contributed by atoms with Crippen molar-refractivity contribution in [1.29, 1.82) is 0 Å². The molecular formula is C17H20N4. The van der Waals surface area contributed by atoms with E-state index in [0.29, 0.717) is 0 Å². The highest BCUT2D eigenvalue weighted by Gasteiger charge is 2.13. The maximum atomic E-state index is 5.92. The second-order valence-corrected chi connectivity index (χ2v) is 5.60. The molecular weight excluding hydrogens is 260 g/mol. The van der Waals surface area contributed by atoms with Crippen molar-refractivity contribution in [2.24, 2.45) is 0 Å². The standard InChI is InChI=1S/C17H20N4/c1-20(2)12-16-15(10-13-6-4-3-5-7-13)19-17-9-8-14(18)11-21(16)17/h3-9,11H,10,12,18H2,1-2H3. The number of pyridine rings is 1. The second-order valence-electron chi connectivity index (χ2n) is 5.60. The molecule has 108 valence electrons. The van der Waals surface area contributed by atoms with Gasteiger partial charge in [-0.15, -0.1) is 0 Å². The molecule has 4 heteroatoms. The number of nitrogens with two attached hydrogens (primary N) is 1. The molecule has 0 radical (unpaired) electrons. The maximum Gasteiger partial charge on any atom is 0.137 e. The molecule has 0 fully saturated rings. The van der Waals surface area contributed by atoms with Crippen LogP contribution in [0.5, 0.6) is 0 Å². The van der Waals surface area contributed by atoms with Crippen LogP contribution in [0.15, 0.2) is 48.7 Å². The summed E-state index contributed by atoms with van der Waals surface area (Å²) < 4.78 is 2.10. The molecule has 0 amide bonds. The summed E-state index contributed by atoms with van der Waals surface area (Å²) in [6.07, 6.45) is 2.79. The molecule has 1 aromatic carbocycles. The molecule has 0 bridgehead atoms. The van der Waals surface area contributed by atoms with E-state index in [4.69, 9.17) is 10.7 Å². The molecule has 0 saturated heterocycles. The third-order valence-electron chi connectivity index (χ3n) is 3.50. The minimum Gasteiger partial charge on any atom is -0.398 e. The normalized spacial score (nSPS) is 11.4. The summed E-state index contributed by atoms with van der Waals surface area (Å²) in [5, 5.41) is 0. The van der Waals surface area contributed by atoms with Crippen LogP contribution in [0.25, 0.3) is 5.65 Å². The van der Waals surface area contributed by atoms with Crippen molar-refractivity contribution in [2.45, 2.75) is 13.0 Å². The van der Waals surface area contributed by atoms with E-state index >= 15 is 0 Å². The van der Waals surface area contributed by atoms with Gasteiger partial charge in [0.05, 0.1) is 11.4 Å². The number of hydrogen-bond donors (Lipinski definition) is 1. The fraction of sp³-hybridized carbons (Fsp3) is 0.235. The number of anilines is 1. The Balaban J connectivity index is 2.08. The molecule has 2 heterocycles. The van der Waals surface area contributed by atoms with Crippen molar-refractivity contribution in [1.82, 2.24) is 14.3 Å². The first-order valence-corrected chi connectivity index (χ1v) is 7.07. The lowest BCUT2D eigenvalue weighted by Gasteiger charge is -2.11. The summed E-state index contributed by atoms with van der Waals surface area (Å²) in [6.45, 7) is 0.840. The highest BCUT2D eigenvalue weighted by Crippen LogP contribution is 2.19. The van der Waals surface area contributed by atoms with Crippen LogP contribution in [0.1, 0.15) is 17.0 Å². The average Bonchev–Trinajstić information content (AvgIpc) is 2.77. The van der Waals surface area contributed by atoms with Crippen molar-refractivity contribution < 1.29 is 0 Å². The first kappa shape index (κ1) is 13.6. The number of nitrogens with zero attached hydrogens (tertiary/aromatic N) is 3. The number of fused-ring (bicyclic) bond motifs is 1. The van der Waals surface area contributed by atoms with Gasteiger partial charge in [0.25, 0.3) is 0 Å². The Morgan fingerprint density at radius 2 is 1.86 bits per heavy atom. The molecule has 0 aliphatic rings. The topological polar surface area (TPSA) is 46.6 Å². The van der Waals surface area contributed by atoms with Crippen molar-refractivity contribution in [3.05, 3.63) is 65.6 Å². The van der Waals surface area contributed by atoms with Crippen molar-refractivity contribution in [3.8, 4) is 0 Å². The zero-order chi connectivity index (χ0) is 14.8. The van der Waals surface area contributed by atoms with Gasteiger partial charge in [0, 0.05) is 24.8 Å². The fourth-order valence-corrected chi connectivity index (χ4v) is 2.56. The average molecular weight is 280 g/mol. The van der Waals surface area contributed by atoms with E-state index in [1.807, 2.05) is 24.4 Å². The first-order valence-electron chi connectivity index (χ1n) is 7.07. The first-order chi connectivity index (χ1) is 10.1. The SMILES string of the molecule is CN(C)Cc1c(Cc2ccccc2)nc2ccc(N)cn12. The van der Waals surface area contributed by atoms with Crippen LogP contribution < -0.4 is 5.73 Å². The van der Waals surface area contributed by atoms with E-state index in [0.717, 1.165) is 30.0 Å². The number of rotatable bonds is 4. The molecule has 21 heavy (non-hydrogen) atoms. The van der Waals surface area contributed by atoms with Gasteiger partial charge in [-0.1, -0.05) is 30.3 Å². The predicted molar refractivity (Wildman–Crippen MR) is 86.2 cm³/mol. The van der Waals surface area contributed by atoms with Gasteiger partial charge in [0.15, 0.2) is 0 Å². The molecule has 3 rings (SSSR count). The van der Waals surface area contributed by atoms with Gasteiger partial charge in [0.1, 0.15) is 5.65 Å². The number of imidazole rings is 1. The number of nitrogen functional groups attached to an aromatic ring is 1. The Morgan fingerprint density at radius 1 is 1.10 bits per heavy atom. The van der Waals surface area contributed by atoms with Crippen molar-refractivity contribution >= 4 is 11.3 Å². The molecule has 0 spiro atoms. The third-order valence-corrected chi connectivity index (χ3v) is 3.50. The zero-order valence-electron chi connectivity index (χ0n) is 12.5. The van der Waals surface area contributed by atoms with Crippen molar-refractivity contribution in [2.75, 3.05) is 19.8 Å². The summed E-state index contributed by atoms with van der Waals surface area (Å²) >= 11 is 0. The van der Waals surface area contributed by atoms with Crippen molar-refractivity contribution in [3.63, 3.8) is 0 Å². The smallest absolute Gasteiger partial charge is 0.137 e. The molecule has 0 saturated carbocycles. The Kier molecular flexibility index (Phi) is 3.62. The Bertz CT molecular complexity index is 744. The lowest BCUT2D eigenvalue weighted by molar-refractivity contribution is 0.394. The van der Waals surface area contributed by atoms with Gasteiger partial charge in [0.2, 0.25) is 0 Å². The second kappa shape index (κ2) is 5.58. The maximum absolute atomic E-state index is 5.92. The number of hydrogen-bond acceptors (Lipinski definition) is 3. The highest BCUT2D eigenvalue weighted by molar-refractivity contribution is 5.50. The fourth-order valence-electron chi connectivity index (χ4n) is 2.56. The van der Waals surface area contributed by atoms with Crippen LogP contribution in [-0.4, -0.2) is 28.4 Å². The molecule has 0 aliphatic heterocycles. The van der Waals surface area contributed by atoms with Gasteiger partial charge in [-0.2, -0.15) is 0 Å². The van der Waals surface area contributed by atoms with E-state index in [9.17, 15) is 0 Å². The summed E-state index contributed by atoms with van der Waals surface area (Å²) in [5.74, 6) is 0. The van der Waals surface area contributed by atoms with Crippen LogP contribution >= 0.6 is 0 Å². The van der Waals surface area contributed by atoms with Crippen LogP contribution in [0.2, 0.25) is 0 Å². The number of aromatic nitrogens is 2. The van der Waals surface area contributed by atoms with E-state index in [1.54, 1.807) is 0 Å². The minimum atomic E-state index is 0.756. The Morgan fingerprint density at radius 3 is 2.57 bits per heavy atom. The van der Waals surface area contributed by atoms with Gasteiger partial charge < -0.3 is 15.0 Å². The quantitative estimate of drug-likeness (QED) is 0.799. The lowest BCUT2D eigenvalue weighted by atomic mass is 10.1. The Hall–Kier alpha value is -2.33. The highest BCUT2D eigenvalue weighted by atomic mass is 15.1. The Labute approximate surface area is 124 Å². The summed E-state index contributed by atoms with van der Waals surface area (Å²) in [6, 6.07) is 14.3. The summed E-state index contributed by atoms with van der Waals surface area (Å²) in [4.78, 5) is 6.94. The summed E-state index contributed by atoms with van der Waals surface area (Å²) in [7, 11) is 4.13. The largest absolute Gasteiger partial charge is 0.398 e. The third kappa shape index (κ3) is 2.90. The van der Waals surface area contributed by atoms with Crippen LogP contribution in [0, 0.1) is 0 Å². The molecule has 4 nitrogen and oxygen atoms in total. The lowest BCUT2D eigenvalue weighted by Crippen LogP contribution is -2.14. The predicted octanol–water partition coefficient (Wildman–Crippen LogP) is 2.57. The van der Waals surface area contributed by atoms with E-state index in [1.165, 1.54) is 11.3 Å².